The van der Waals surface area contributed by atoms with Crippen molar-refractivity contribution < 1.29 is 14.6 Å². The molecule has 120 valence electrons. The molecule has 0 bridgehead atoms. The van der Waals surface area contributed by atoms with Gasteiger partial charge in [-0.1, -0.05) is 26.0 Å². The van der Waals surface area contributed by atoms with Gasteiger partial charge in [0.15, 0.2) is 0 Å². The maximum absolute atomic E-state index is 12.3. The molecule has 0 spiro atoms. The molecule has 1 N–H and O–H groups in total. The van der Waals surface area contributed by atoms with Crippen LogP contribution in [-0.4, -0.2) is 22.9 Å². The number of rotatable bonds is 5. The minimum absolute atomic E-state index is 0.136. The van der Waals surface area contributed by atoms with Crippen molar-refractivity contribution in [2.75, 3.05) is 6.61 Å². The van der Waals surface area contributed by atoms with E-state index in [1.165, 1.54) is 11.3 Å². The molecule has 0 saturated heterocycles. The number of thioether (sulfide) groups is 1. The Morgan fingerprint density at radius 2 is 2.04 bits per heavy atom. The van der Waals surface area contributed by atoms with E-state index in [0.717, 1.165) is 4.21 Å². The molecule has 1 heterocycles. The lowest BCUT2D eigenvalue weighted by Crippen LogP contribution is -2.04. The summed E-state index contributed by atoms with van der Waals surface area (Å²) in [5, 5.41) is 19.3. The van der Waals surface area contributed by atoms with Gasteiger partial charge in [-0.25, -0.2) is 4.79 Å². The predicted molar refractivity (Wildman–Crippen MR) is 93.1 cm³/mol. The van der Waals surface area contributed by atoms with E-state index in [9.17, 15) is 15.2 Å². The van der Waals surface area contributed by atoms with Crippen LogP contribution in [0.25, 0.3) is 11.1 Å². The topological polar surface area (TPSA) is 70.3 Å². The second kappa shape index (κ2) is 7.53. The number of thiophene rings is 1. The second-order valence-corrected chi connectivity index (χ2v) is 7.88. The third-order valence-electron chi connectivity index (χ3n) is 2.95. The third kappa shape index (κ3) is 3.87. The number of phenolic OH excluding ortho intramolecular Hbond substituents is 1. The molecule has 1 aromatic heterocycles. The van der Waals surface area contributed by atoms with Crippen LogP contribution in [0.4, 0.5) is 0 Å². The number of benzene rings is 1. The summed E-state index contributed by atoms with van der Waals surface area (Å²) in [6.45, 7) is 6.10. The molecule has 0 fully saturated rings. The highest BCUT2D eigenvalue weighted by atomic mass is 32.2. The van der Waals surface area contributed by atoms with Gasteiger partial charge >= 0.3 is 5.97 Å². The normalized spacial score (nSPS) is 10.6. The van der Waals surface area contributed by atoms with Crippen LogP contribution in [-0.2, 0) is 4.74 Å². The molecule has 0 unspecified atom stereocenters. The molecular formula is C17H17NO3S2. The SMILES string of the molecule is CCOC(=O)c1sc(SC(C)C)c(C#N)c1-c1ccc(O)cc1. The molecular weight excluding hydrogens is 330 g/mol. The number of hydrogen-bond acceptors (Lipinski definition) is 6. The van der Waals surface area contributed by atoms with E-state index < -0.39 is 5.97 Å². The van der Waals surface area contributed by atoms with E-state index in [4.69, 9.17) is 4.74 Å². The summed E-state index contributed by atoms with van der Waals surface area (Å²) in [5.74, 6) is -0.287. The van der Waals surface area contributed by atoms with Gasteiger partial charge < -0.3 is 9.84 Å². The first kappa shape index (κ1) is 17.4. The van der Waals surface area contributed by atoms with Crippen molar-refractivity contribution in [1.82, 2.24) is 0 Å². The van der Waals surface area contributed by atoms with Crippen LogP contribution in [0.15, 0.2) is 28.5 Å². The third-order valence-corrected chi connectivity index (χ3v) is 5.34. The number of nitriles is 1. The lowest BCUT2D eigenvalue weighted by Gasteiger charge is -2.05. The Labute approximate surface area is 143 Å². The number of nitrogens with zero attached hydrogens (tertiary/aromatic N) is 1. The van der Waals surface area contributed by atoms with Gasteiger partial charge in [-0.3, -0.25) is 0 Å². The highest BCUT2D eigenvalue weighted by Crippen LogP contribution is 2.43. The number of ether oxygens (including phenoxy) is 1. The van der Waals surface area contributed by atoms with E-state index in [-0.39, 0.29) is 12.4 Å². The molecule has 4 nitrogen and oxygen atoms in total. The zero-order valence-electron chi connectivity index (χ0n) is 13.1. The van der Waals surface area contributed by atoms with Gasteiger partial charge in [0.05, 0.1) is 16.4 Å². The molecule has 0 amide bonds. The van der Waals surface area contributed by atoms with Crippen molar-refractivity contribution in [3.05, 3.63) is 34.7 Å². The van der Waals surface area contributed by atoms with Crippen molar-refractivity contribution in [3.8, 4) is 22.9 Å². The first-order chi connectivity index (χ1) is 11.0. The minimum Gasteiger partial charge on any atom is -0.508 e. The average molecular weight is 347 g/mol. The van der Waals surface area contributed by atoms with Crippen molar-refractivity contribution in [1.29, 1.82) is 5.26 Å². The van der Waals surface area contributed by atoms with E-state index in [1.54, 1.807) is 43.0 Å². The Morgan fingerprint density at radius 1 is 1.39 bits per heavy atom. The Balaban J connectivity index is 2.64. The van der Waals surface area contributed by atoms with Gasteiger partial charge in [0.25, 0.3) is 0 Å². The van der Waals surface area contributed by atoms with Crippen LogP contribution >= 0.6 is 23.1 Å². The van der Waals surface area contributed by atoms with Gasteiger partial charge in [0, 0.05) is 10.8 Å². The fourth-order valence-electron chi connectivity index (χ4n) is 2.05. The highest BCUT2D eigenvalue weighted by molar-refractivity contribution is 8.01. The van der Waals surface area contributed by atoms with Crippen LogP contribution in [0.5, 0.6) is 5.75 Å². The monoisotopic (exact) mass is 347 g/mol. The number of hydrogen-bond donors (Lipinski definition) is 1. The molecule has 0 saturated carbocycles. The molecule has 0 radical (unpaired) electrons. The first-order valence-corrected chi connectivity index (χ1v) is 8.87. The lowest BCUT2D eigenvalue weighted by atomic mass is 10.0. The summed E-state index contributed by atoms with van der Waals surface area (Å²) in [6.07, 6.45) is 0. The van der Waals surface area contributed by atoms with Crippen LogP contribution in [0, 0.1) is 11.3 Å². The second-order valence-electron chi connectivity index (χ2n) is 5.01. The maximum atomic E-state index is 12.3. The van der Waals surface area contributed by atoms with Crippen molar-refractivity contribution in [2.45, 2.75) is 30.2 Å². The van der Waals surface area contributed by atoms with Crippen molar-refractivity contribution in [2.24, 2.45) is 0 Å². The molecule has 2 aromatic rings. The number of phenols is 1. The van der Waals surface area contributed by atoms with Crippen molar-refractivity contribution >= 4 is 29.1 Å². The fourth-order valence-corrected chi connectivity index (χ4v) is 4.67. The van der Waals surface area contributed by atoms with Gasteiger partial charge in [-0.15, -0.1) is 23.1 Å². The van der Waals surface area contributed by atoms with Gasteiger partial charge in [0.2, 0.25) is 0 Å². The molecule has 6 heteroatoms. The fraction of sp³-hybridized carbons (Fsp3) is 0.294. The lowest BCUT2D eigenvalue weighted by molar-refractivity contribution is 0.0533. The number of carbonyl (C=O) groups is 1. The summed E-state index contributed by atoms with van der Waals surface area (Å²) in [5.41, 5.74) is 1.79. The van der Waals surface area contributed by atoms with Gasteiger partial charge in [0.1, 0.15) is 16.7 Å². The van der Waals surface area contributed by atoms with Crippen LogP contribution in [0.1, 0.15) is 36.0 Å². The summed E-state index contributed by atoms with van der Waals surface area (Å²) in [6, 6.07) is 8.70. The van der Waals surface area contributed by atoms with Crippen LogP contribution in [0.2, 0.25) is 0 Å². The molecule has 0 atom stereocenters. The summed E-state index contributed by atoms with van der Waals surface area (Å²) in [7, 11) is 0. The van der Waals surface area contributed by atoms with Gasteiger partial charge in [-0.05, 0) is 24.6 Å². The van der Waals surface area contributed by atoms with E-state index in [2.05, 4.69) is 6.07 Å². The standard InChI is InChI=1S/C17H17NO3S2/c1-4-21-16(20)15-14(11-5-7-12(19)8-6-11)13(9-18)17(23-15)22-10(2)3/h5-8,10,19H,4H2,1-3H3. The zero-order chi connectivity index (χ0) is 17.0. The van der Waals surface area contributed by atoms with Gasteiger partial charge in [-0.2, -0.15) is 5.26 Å². The molecule has 0 aliphatic heterocycles. The Morgan fingerprint density at radius 3 is 2.57 bits per heavy atom. The van der Waals surface area contributed by atoms with E-state index >= 15 is 0 Å². The Hall–Kier alpha value is -1.97. The quantitative estimate of drug-likeness (QED) is 0.629. The van der Waals surface area contributed by atoms with E-state index in [0.29, 0.717) is 26.8 Å². The summed E-state index contributed by atoms with van der Waals surface area (Å²) >= 11 is 2.85. The minimum atomic E-state index is -0.423. The molecule has 0 aliphatic rings. The molecule has 2 rings (SSSR count). The average Bonchev–Trinajstić information content (AvgIpc) is 2.86. The molecule has 1 aromatic carbocycles. The Bertz CT molecular complexity index is 742. The van der Waals surface area contributed by atoms with Crippen molar-refractivity contribution in [3.63, 3.8) is 0 Å². The summed E-state index contributed by atoms with van der Waals surface area (Å²) in [4.78, 5) is 12.7. The van der Waals surface area contributed by atoms with Crippen LogP contribution in [0.3, 0.4) is 0 Å². The van der Waals surface area contributed by atoms with Crippen LogP contribution < -0.4 is 0 Å². The molecule has 0 aliphatic carbocycles. The zero-order valence-corrected chi connectivity index (χ0v) is 14.8. The number of aromatic hydroxyl groups is 1. The smallest absolute Gasteiger partial charge is 0.349 e. The first-order valence-electron chi connectivity index (χ1n) is 7.18. The largest absolute Gasteiger partial charge is 0.508 e. The maximum Gasteiger partial charge on any atom is 0.349 e. The number of carbonyl (C=O) groups excluding carboxylic acids is 1. The number of esters is 1. The summed E-state index contributed by atoms with van der Waals surface area (Å²) < 4.78 is 5.95. The molecule has 23 heavy (non-hydrogen) atoms. The Kier molecular flexibility index (Phi) is 5.69. The highest BCUT2D eigenvalue weighted by Gasteiger charge is 2.25. The van der Waals surface area contributed by atoms with E-state index in [1.807, 2.05) is 13.8 Å². The predicted octanol–water partition coefficient (Wildman–Crippen LogP) is 4.67.